The summed E-state index contributed by atoms with van der Waals surface area (Å²) in [5.74, 6) is -3.08. The van der Waals surface area contributed by atoms with E-state index < -0.39 is 23.6 Å². The van der Waals surface area contributed by atoms with E-state index in [-0.39, 0.29) is 18.7 Å². The van der Waals surface area contributed by atoms with Crippen LogP contribution in [-0.2, 0) is 4.79 Å². The fraction of sp³-hybridized carbons (Fsp3) is 0.333. The predicted molar refractivity (Wildman–Crippen MR) is 64.9 cm³/mol. The minimum atomic E-state index is -1.06. The zero-order valence-corrected chi connectivity index (χ0v) is 10.3. The molecule has 1 rings (SSSR count). The van der Waals surface area contributed by atoms with Crippen LogP contribution in [0.15, 0.2) is 18.2 Å². The van der Waals surface area contributed by atoms with Gasteiger partial charge >= 0.3 is 12.0 Å². The second-order valence-electron chi connectivity index (χ2n) is 3.78. The van der Waals surface area contributed by atoms with Gasteiger partial charge in [-0.2, -0.15) is 0 Å². The van der Waals surface area contributed by atoms with Crippen LogP contribution in [-0.4, -0.2) is 35.1 Å². The largest absolute Gasteiger partial charge is 0.481 e. The molecule has 0 spiro atoms. The van der Waals surface area contributed by atoms with Crippen molar-refractivity contribution < 1.29 is 23.5 Å². The molecule has 0 radical (unpaired) electrons. The summed E-state index contributed by atoms with van der Waals surface area (Å²) >= 11 is 0. The van der Waals surface area contributed by atoms with Gasteiger partial charge in [-0.15, -0.1) is 0 Å². The second kappa shape index (κ2) is 6.67. The molecule has 104 valence electrons. The highest BCUT2D eigenvalue weighted by molar-refractivity contribution is 5.89. The molecule has 7 heteroatoms. The van der Waals surface area contributed by atoms with Crippen molar-refractivity contribution in [2.24, 2.45) is 0 Å². The second-order valence-corrected chi connectivity index (χ2v) is 3.78. The number of carbonyl (C=O) groups excluding carboxylic acids is 1. The summed E-state index contributed by atoms with van der Waals surface area (Å²) in [6.07, 6.45) is -0.182. The average molecular weight is 272 g/mol. The first kappa shape index (κ1) is 14.9. The first-order valence-corrected chi connectivity index (χ1v) is 5.66. The fourth-order valence-electron chi connectivity index (χ4n) is 1.41. The SMILES string of the molecule is CCN(CCC(=O)O)C(=O)Nc1ccc(F)c(F)c1. The van der Waals surface area contributed by atoms with Crippen molar-refractivity contribution in [3.05, 3.63) is 29.8 Å². The van der Waals surface area contributed by atoms with Crippen molar-refractivity contribution in [1.82, 2.24) is 4.90 Å². The van der Waals surface area contributed by atoms with Gasteiger partial charge in [0.25, 0.3) is 0 Å². The van der Waals surface area contributed by atoms with Gasteiger partial charge in [0.15, 0.2) is 11.6 Å². The van der Waals surface area contributed by atoms with Gasteiger partial charge in [0, 0.05) is 24.8 Å². The number of anilines is 1. The van der Waals surface area contributed by atoms with Gasteiger partial charge in [-0.05, 0) is 19.1 Å². The minimum Gasteiger partial charge on any atom is -0.481 e. The summed E-state index contributed by atoms with van der Waals surface area (Å²) < 4.78 is 25.7. The summed E-state index contributed by atoms with van der Waals surface area (Å²) in [7, 11) is 0. The van der Waals surface area contributed by atoms with Crippen LogP contribution < -0.4 is 5.32 Å². The maximum absolute atomic E-state index is 12.9. The molecule has 0 aliphatic carbocycles. The zero-order chi connectivity index (χ0) is 14.4. The third kappa shape index (κ3) is 4.53. The molecular weight excluding hydrogens is 258 g/mol. The Morgan fingerprint density at radius 2 is 2.00 bits per heavy atom. The van der Waals surface area contributed by atoms with Crippen LogP contribution in [0.25, 0.3) is 0 Å². The van der Waals surface area contributed by atoms with Gasteiger partial charge in [0.1, 0.15) is 0 Å². The molecule has 0 atom stereocenters. The highest BCUT2D eigenvalue weighted by atomic mass is 19.2. The van der Waals surface area contributed by atoms with Crippen LogP contribution in [0.5, 0.6) is 0 Å². The van der Waals surface area contributed by atoms with Crippen molar-refractivity contribution in [3.8, 4) is 0 Å². The van der Waals surface area contributed by atoms with Gasteiger partial charge < -0.3 is 15.3 Å². The summed E-state index contributed by atoms with van der Waals surface area (Å²) in [5.41, 5.74) is 0.109. The standard InChI is InChI=1S/C12H14F2N2O3/c1-2-16(6-5-11(17)18)12(19)15-8-3-4-9(13)10(14)7-8/h3-4,7H,2,5-6H2,1H3,(H,15,19)(H,17,18). The van der Waals surface area contributed by atoms with Gasteiger partial charge in [0.2, 0.25) is 0 Å². The van der Waals surface area contributed by atoms with Crippen LogP contribution >= 0.6 is 0 Å². The molecule has 2 N–H and O–H groups in total. The molecule has 0 aliphatic heterocycles. The molecule has 0 heterocycles. The maximum atomic E-state index is 12.9. The molecule has 0 fully saturated rings. The first-order valence-electron chi connectivity index (χ1n) is 5.66. The molecule has 2 amide bonds. The molecule has 19 heavy (non-hydrogen) atoms. The summed E-state index contributed by atoms with van der Waals surface area (Å²) in [5, 5.41) is 10.9. The smallest absolute Gasteiger partial charge is 0.321 e. The average Bonchev–Trinajstić information content (AvgIpc) is 2.34. The quantitative estimate of drug-likeness (QED) is 0.864. The highest BCUT2D eigenvalue weighted by Crippen LogP contribution is 2.13. The number of amides is 2. The van der Waals surface area contributed by atoms with Crippen molar-refractivity contribution in [3.63, 3.8) is 0 Å². The fourth-order valence-corrected chi connectivity index (χ4v) is 1.41. The van der Waals surface area contributed by atoms with Crippen molar-refractivity contribution in [2.75, 3.05) is 18.4 Å². The van der Waals surface area contributed by atoms with Gasteiger partial charge in [-0.3, -0.25) is 4.79 Å². The minimum absolute atomic E-state index is 0.0430. The molecule has 1 aromatic rings. The molecule has 0 saturated heterocycles. The van der Waals surface area contributed by atoms with E-state index in [1.165, 1.54) is 11.0 Å². The summed E-state index contributed by atoms with van der Waals surface area (Å²) in [6, 6.07) is 2.42. The van der Waals surface area contributed by atoms with Crippen LogP contribution in [0, 0.1) is 11.6 Å². The van der Waals surface area contributed by atoms with E-state index in [4.69, 9.17) is 5.11 Å². The number of aliphatic carboxylic acids is 1. The van der Waals surface area contributed by atoms with E-state index in [1.807, 2.05) is 0 Å². The van der Waals surface area contributed by atoms with E-state index in [1.54, 1.807) is 6.92 Å². The van der Waals surface area contributed by atoms with E-state index in [0.29, 0.717) is 6.54 Å². The van der Waals surface area contributed by atoms with Gasteiger partial charge in [0.05, 0.1) is 6.42 Å². The lowest BCUT2D eigenvalue weighted by Gasteiger charge is -2.20. The molecular formula is C12H14F2N2O3. The first-order chi connectivity index (χ1) is 8.93. The lowest BCUT2D eigenvalue weighted by Crippen LogP contribution is -2.36. The molecule has 0 bridgehead atoms. The van der Waals surface area contributed by atoms with E-state index >= 15 is 0 Å². The molecule has 0 aromatic heterocycles. The van der Waals surface area contributed by atoms with Crippen LogP contribution in [0.3, 0.4) is 0 Å². The molecule has 0 unspecified atom stereocenters. The number of halogens is 2. The lowest BCUT2D eigenvalue weighted by atomic mass is 10.3. The zero-order valence-electron chi connectivity index (χ0n) is 10.3. The number of nitrogens with one attached hydrogen (secondary N) is 1. The number of carbonyl (C=O) groups is 2. The third-order valence-corrected chi connectivity index (χ3v) is 2.44. The Morgan fingerprint density at radius 3 is 2.53 bits per heavy atom. The van der Waals surface area contributed by atoms with Gasteiger partial charge in [-0.1, -0.05) is 0 Å². The monoisotopic (exact) mass is 272 g/mol. The van der Waals surface area contributed by atoms with E-state index in [2.05, 4.69) is 5.32 Å². The molecule has 1 aromatic carbocycles. The number of carboxylic acids is 1. The Bertz CT molecular complexity index is 480. The number of benzene rings is 1. The highest BCUT2D eigenvalue weighted by Gasteiger charge is 2.13. The Labute approximate surface area is 108 Å². The van der Waals surface area contributed by atoms with Crippen molar-refractivity contribution in [2.45, 2.75) is 13.3 Å². The Hall–Kier alpha value is -2.18. The number of nitrogens with zero attached hydrogens (tertiary/aromatic N) is 1. The van der Waals surface area contributed by atoms with Crippen molar-refractivity contribution in [1.29, 1.82) is 0 Å². The number of hydrogen-bond acceptors (Lipinski definition) is 2. The molecule has 5 nitrogen and oxygen atoms in total. The summed E-state index contributed by atoms with van der Waals surface area (Å²) in [6.45, 7) is 2.04. The number of urea groups is 1. The van der Waals surface area contributed by atoms with Gasteiger partial charge in [-0.25, -0.2) is 13.6 Å². The Kier molecular flexibility index (Phi) is 5.23. The number of carboxylic acid groups (broad SMARTS) is 1. The Morgan fingerprint density at radius 1 is 1.32 bits per heavy atom. The topological polar surface area (TPSA) is 69.6 Å². The normalized spacial score (nSPS) is 10.1. The van der Waals surface area contributed by atoms with E-state index in [0.717, 1.165) is 12.1 Å². The maximum Gasteiger partial charge on any atom is 0.321 e. The van der Waals surface area contributed by atoms with Crippen LogP contribution in [0.1, 0.15) is 13.3 Å². The molecule has 0 saturated carbocycles. The Balaban J connectivity index is 2.65. The molecule has 0 aliphatic rings. The number of hydrogen-bond donors (Lipinski definition) is 2. The van der Waals surface area contributed by atoms with Crippen LogP contribution in [0.4, 0.5) is 19.3 Å². The lowest BCUT2D eigenvalue weighted by molar-refractivity contribution is -0.137. The number of rotatable bonds is 5. The van der Waals surface area contributed by atoms with E-state index in [9.17, 15) is 18.4 Å². The summed E-state index contributed by atoms with van der Waals surface area (Å²) in [4.78, 5) is 23.5. The van der Waals surface area contributed by atoms with Crippen molar-refractivity contribution >= 4 is 17.7 Å². The third-order valence-electron chi connectivity index (χ3n) is 2.44. The predicted octanol–water partition coefficient (Wildman–Crippen LogP) is 2.29. The van der Waals surface area contributed by atoms with Crippen LogP contribution in [0.2, 0.25) is 0 Å².